The first kappa shape index (κ1) is 9.87. The zero-order chi connectivity index (χ0) is 8.97. The van der Waals surface area contributed by atoms with Gasteiger partial charge in [0.25, 0.3) is 5.02 Å². The van der Waals surface area contributed by atoms with Gasteiger partial charge in [0.05, 0.1) is 0 Å². The zero-order valence-electron chi connectivity index (χ0n) is 6.56. The molecule has 68 valence electrons. The van der Waals surface area contributed by atoms with Crippen molar-refractivity contribution in [1.29, 1.82) is 0 Å². The van der Waals surface area contributed by atoms with Crippen LogP contribution in [0.25, 0.3) is 0 Å². The van der Waals surface area contributed by atoms with Crippen molar-refractivity contribution in [2.45, 2.75) is 30.7 Å². The monoisotopic (exact) mass is 208 g/mol. The summed E-state index contributed by atoms with van der Waals surface area (Å²) >= 11 is 10.6. The molecule has 0 radical (unpaired) electrons. The molecule has 4 heteroatoms. The summed E-state index contributed by atoms with van der Waals surface area (Å²) in [7, 11) is 0. The van der Waals surface area contributed by atoms with Gasteiger partial charge in [-0.3, -0.25) is 0 Å². The fraction of sp³-hybridized carbons (Fsp3) is 0.625. The topological polar surface area (TPSA) is 26.3 Å². The van der Waals surface area contributed by atoms with Crippen LogP contribution in [-0.2, 0) is 9.53 Å². The lowest BCUT2D eigenvalue weighted by atomic mass is 10.00. The van der Waals surface area contributed by atoms with Crippen LogP contribution in [0.2, 0.25) is 0 Å². The highest BCUT2D eigenvalue weighted by Crippen LogP contribution is 2.19. The van der Waals surface area contributed by atoms with E-state index in [1.807, 2.05) is 6.08 Å². The van der Waals surface area contributed by atoms with Gasteiger partial charge < -0.3 is 4.74 Å². The fourth-order valence-corrected chi connectivity index (χ4v) is 1.34. The second kappa shape index (κ2) is 4.73. The van der Waals surface area contributed by atoms with Gasteiger partial charge in [-0.05, 0) is 25.7 Å². The Balaban J connectivity index is 2.45. The highest BCUT2D eigenvalue weighted by molar-refractivity contribution is 6.43. The van der Waals surface area contributed by atoms with Crippen LogP contribution < -0.4 is 0 Å². The van der Waals surface area contributed by atoms with Crippen LogP contribution >= 0.6 is 23.2 Å². The maximum absolute atomic E-state index is 11.1. The second-order valence-electron chi connectivity index (χ2n) is 2.64. The van der Waals surface area contributed by atoms with Crippen molar-refractivity contribution in [3.8, 4) is 0 Å². The minimum atomic E-state index is -1.06. The number of rotatable bonds is 2. The molecule has 0 unspecified atom stereocenters. The van der Waals surface area contributed by atoms with Crippen LogP contribution in [0.5, 0.6) is 0 Å². The molecule has 2 nitrogen and oxygen atoms in total. The summed E-state index contributed by atoms with van der Waals surface area (Å²) in [6.45, 7) is 0. The van der Waals surface area contributed by atoms with Crippen LogP contribution in [-0.4, -0.2) is 11.0 Å². The molecule has 0 saturated carbocycles. The highest BCUT2D eigenvalue weighted by Gasteiger charge is 2.15. The van der Waals surface area contributed by atoms with E-state index in [1.165, 1.54) is 0 Å². The van der Waals surface area contributed by atoms with E-state index < -0.39 is 5.02 Å². The molecule has 0 spiro atoms. The van der Waals surface area contributed by atoms with Gasteiger partial charge in [-0.1, -0.05) is 29.3 Å². The van der Waals surface area contributed by atoms with Gasteiger partial charge in [-0.25, -0.2) is 4.79 Å². The van der Waals surface area contributed by atoms with Gasteiger partial charge in [0.2, 0.25) is 0 Å². The van der Waals surface area contributed by atoms with E-state index in [-0.39, 0.29) is 5.97 Å². The molecule has 12 heavy (non-hydrogen) atoms. The zero-order valence-corrected chi connectivity index (χ0v) is 8.07. The Bertz CT molecular complexity index is 199. The van der Waals surface area contributed by atoms with Crippen molar-refractivity contribution in [3.63, 3.8) is 0 Å². The van der Waals surface area contributed by atoms with Crippen molar-refractivity contribution in [3.05, 3.63) is 11.6 Å². The first-order valence-electron chi connectivity index (χ1n) is 3.88. The molecule has 1 aliphatic rings. The van der Waals surface area contributed by atoms with E-state index in [0.717, 1.165) is 25.7 Å². The third-order valence-corrected chi connectivity index (χ3v) is 1.93. The summed E-state index contributed by atoms with van der Waals surface area (Å²) in [5.41, 5.74) is 0.701. The third kappa shape index (κ3) is 3.03. The van der Waals surface area contributed by atoms with Gasteiger partial charge in [-0.2, -0.15) is 0 Å². The number of hydrogen-bond acceptors (Lipinski definition) is 2. The van der Waals surface area contributed by atoms with E-state index in [2.05, 4.69) is 4.74 Å². The standard InChI is InChI=1S/C8H10Cl2O2/c9-8(10)12-7(11)6-4-2-1-3-5-6/h4,8H,1-3,5H2. The fourth-order valence-electron chi connectivity index (χ4n) is 1.18. The molecule has 0 aliphatic heterocycles. The van der Waals surface area contributed by atoms with Crippen LogP contribution in [0.15, 0.2) is 11.6 Å². The molecule has 0 bridgehead atoms. The number of hydrogen-bond donors (Lipinski definition) is 0. The molecular formula is C8H10Cl2O2. The molecule has 0 atom stereocenters. The Hall–Kier alpha value is -0.210. The molecule has 1 aliphatic carbocycles. The third-order valence-electron chi connectivity index (χ3n) is 1.75. The molecule has 0 aromatic carbocycles. The molecule has 0 N–H and O–H groups in total. The minimum absolute atomic E-state index is 0.385. The van der Waals surface area contributed by atoms with Crippen LogP contribution in [0, 0.1) is 0 Å². The summed E-state index contributed by atoms with van der Waals surface area (Å²) in [6.07, 6.45) is 5.79. The van der Waals surface area contributed by atoms with Gasteiger partial charge in [0.1, 0.15) is 0 Å². The number of allylic oxidation sites excluding steroid dienone is 1. The molecule has 0 amide bonds. The maximum atomic E-state index is 11.1. The predicted molar refractivity (Wildman–Crippen MR) is 48.1 cm³/mol. The Labute approximate surface area is 81.5 Å². The van der Waals surface area contributed by atoms with E-state index in [9.17, 15) is 4.79 Å². The van der Waals surface area contributed by atoms with Gasteiger partial charge in [0, 0.05) is 5.57 Å². The Morgan fingerprint density at radius 2 is 2.25 bits per heavy atom. The average Bonchev–Trinajstić information content (AvgIpc) is 2.05. The smallest absolute Gasteiger partial charge is 0.336 e. The van der Waals surface area contributed by atoms with Gasteiger partial charge in [-0.15, -0.1) is 0 Å². The summed E-state index contributed by atoms with van der Waals surface area (Å²) < 4.78 is 4.61. The van der Waals surface area contributed by atoms with Crippen LogP contribution in [0.1, 0.15) is 25.7 Å². The summed E-state index contributed by atoms with van der Waals surface area (Å²) in [5, 5.41) is -1.06. The van der Waals surface area contributed by atoms with E-state index >= 15 is 0 Å². The summed E-state index contributed by atoms with van der Waals surface area (Å²) in [6, 6.07) is 0. The van der Waals surface area contributed by atoms with Crippen molar-refractivity contribution >= 4 is 29.2 Å². The average molecular weight is 209 g/mol. The van der Waals surface area contributed by atoms with E-state index in [1.54, 1.807) is 0 Å². The lowest BCUT2D eigenvalue weighted by Gasteiger charge is -2.11. The number of ether oxygens (including phenoxy) is 1. The minimum Gasteiger partial charge on any atom is -0.428 e. The number of carbonyl (C=O) groups excluding carboxylic acids is 1. The first-order chi connectivity index (χ1) is 5.70. The Kier molecular flexibility index (Phi) is 3.89. The molecule has 0 aromatic rings. The molecular weight excluding hydrogens is 199 g/mol. The van der Waals surface area contributed by atoms with Crippen molar-refractivity contribution in [1.82, 2.24) is 0 Å². The van der Waals surface area contributed by atoms with Crippen LogP contribution in [0.3, 0.4) is 0 Å². The lowest BCUT2D eigenvalue weighted by Crippen LogP contribution is -2.12. The molecule has 1 rings (SSSR count). The molecule has 0 saturated heterocycles. The highest BCUT2D eigenvalue weighted by atomic mass is 35.5. The molecule has 0 heterocycles. The quantitative estimate of drug-likeness (QED) is 0.516. The van der Waals surface area contributed by atoms with Gasteiger partial charge in [0.15, 0.2) is 0 Å². The number of esters is 1. The normalized spacial score (nSPS) is 17.4. The van der Waals surface area contributed by atoms with E-state index in [0.29, 0.717) is 5.57 Å². The molecule has 0 fully saturated rings. The number of alkyl halides is 2. The molecule has 0 aromatic heterocycles. The largest absolute Gasteiger partial charge is 0.428 e. The number of halogens is 2. The van der Waals surface area contributed by atoms with Crippen LogP contribution in [0.4, 0.5) is 0 Å². The van der Waals surface area contributed by atoms with Crippen molar-refractivity contribution < 1.29 is 9.53 Å². The first-order valence-corrected chi connectivity index (χ1v) is 4.75. The SMILES string of the molecule is O=C(OC(Cl)Cl)C1=CCCCC1. The predicted octanol–water partition coefficient (Wildman–Crippen LogP) is 2.79. The maximum Gasteiger partial charge on any atom is 0.336 e. The van der Waals surface area contributed by atoms with Crippen molar-refractivity contribution in [2.24, 2.45) is 0 Å². The summed E-state index contributed by atoms with van der Waals surface area (Å²) in [4.78, 5) is 11.1. The summed E-state index contributed by atoms with van der Waals surface area (Å²) in [5.74, 6) is -0.385. The Morgan fingerprint density at radius 1 is 1.50 bits per heavy atom. The van der Waals surface area contributed by atoms with Crippen molar-refractivity contribution in [2.75, 3.05) is 0 Å². The van der Waals surface area contributed by atoms with Gasteiger partial charge >= 0.3 is 5.97 Å². The second-order valence-corrected chi connectivity index (χ2v) is 3.66. The number of carbonyl (C=O) groups is 1. The van der Waals surface area contributed by atoms with E-state index in [4.69, 9.17) is 23.2 Å². The lowest BCUT2D eigenvalue weighted by molar-refractivity contribution is -0.138. The Morgan fingerprint density at radius 3 is 2.75 bits per heavy atom.